The second-order valence-corrected chi connectivity index (χ2v) is 2.57. The van der Waals surface area contributed by atoms with Gasteiger partial charge in [0.05, 0.1) is 7.11 Å². The van der Waals surface area contributed by atoms with Crippen LogP contribution < -0.4 is 0 Å². The molecule has 0 saturated carbocycles. The van der Waals surface area contributed by atoms with Crippen LogP contribution in [0.1, 0.15) is 19.3 Å². The highest BCUT2D eigenvalue weighted by atomic mass is 16.5. The zero-order valence-electron chi connectivity index (χ0n) is 6.97. The Labute approximate surface area is 68.1 Å². The number of hydrogen-bond acceptors (Lipinski definition) is 1. The van der Waals surface area contributed by atoms with Crippen LogP contribution in [0.15, 0.2) is 36.1 Å². The molecule has 1 nitrogen and oxygen atoms in total. The van der Waals surface area contributed by atoms with Crippen molar-refractivity contribution in [2.45, 2.75) is 19.3 Å². The summed E-state index contributed by atoms with van der Waals surface area (Å²) in [5, 5.41) is 0. The van der Waals surface area contributed by atoms with Gasteiger partial charge in [0.1, 0.15) is 5.76 Å². The number of hydrogen-bond donors (Lipinski definition) is 0. The first-order valence-corrected chi connectivity index (χ1v) is 3.92. The summed E-state index contributed by atoms with van der Waals surface area (Å²) in [5.74, 6) is 1.06. The Morgan fingerprint density at radius 3 is 3.00 bits per heavy atom. The highest BCUT2D eigenvalue weighted by molar-refractivity contribution is 5.24. The summed E-state index contributed by atoms with van der Waals surface area (Å²) in [6.45, 7) is 3.76. The molecule has 0 N–H and O–H groups in total. The van der Waals surface area contributed by atoms with Gasteiger partial charge in [-0.25, -0.2) is 0 Å². The summed E-state index contributed by atoms with van der Waals surface area (Å²) in [7, 11) is 1.72. The summed E-state index contributed by atoms with van der Waals surface area (Å²) >= 11 is 0. The minimum Gasteiger partial charge on any atom is -0.500 e. The smallest absolute Gasteiger partial charge is 0.102 e. The van der Waals surface area contributed by atoms with Crippen molar-refractivity contribution in [2.75, 3.05) is 7.11 Å². The Kier molecular flexibility index (Phi) is 2.96. The molecule has 0 fully saturated rings. The first-order valence-electron chi connectivity index (χ1n) is 3.92. The van der Waals surface area contributed by atoms with Crippen LogP contribution in [0.5, 0.6) is 0 Å². The summed E-state index contributed by atoms with van der Waals surface area (Å²) in [6.07, 6.45) is 9.31. The van der Waals surface area contributed by atoms with Crippen molar-refractivity contribution in [3.63, 3.8) is 0 Å². The molecule has 1 aliphatic carbocycles. The van der Waals surface area contributed by atoms with Crippen LogP contribution in [-0.4, -0.2) is 7.11 Å². The van der Waals surface area contributed by atoms with Crippen LogP contribution in [0, 0.1) is 0 Å². The number of rotatable bonds is 2. The average molecular weight is 150 g/mol. The van der Waals surface area contributed by atoms with Gasteiger partial charge in [-0.2, -0.15) is 0 Å². The SMILES string of the molecule is C=CC1=C(OC)CC=CCC1. The molecule has 1 heteroatoms. The van der Waals surface area contributed by atoms with Gasteiger partial charge in [0, 0.05) is 6.42 Å². The predicted molar refractivity (Wildman–Crippen MR) is 47.2 cm³/mol. The van der Waals surface area contributed by atoms with Crippen molar-refractivity contribution >= 4 is 0 Å². The zero-order chi connectivity index (χ0) is 8.10. The van der Waals surface area contributed by atoms with Gasteiger partial charge in [-0.3, -0.25) is 0 Å². The standard InChI is InChI=1S/C10H14O/c1-3-9-7-5-4-6-8-10(9)11-2/h3-4,6H,1,5,7-8H2,2H3. The Hall–Kier alpha value is -0.980. The molecule has 1 rings (SSSR count). The molecule has 0 heterocycles. The lowest BCUT2D eigenvalue weighted by Gasteiger charge is -2.06. The Morgan fingerprint density at radius 1 is 1.55 bits per heavy atom. The second-order valence-electron chi connectivity index (χ2n) is 2.57. The zero-order valence-corrected chi connectivity index (χ0v) is 6.97. The van der Waals surface area contributed by atoms with E-state index in [2.05, 4.69) is 18.7 Å². The minimum absolute atomic E-state index is 0.915. The normalized spacial score (nSPS) is 17.9. The Balaban J connectivity index is 2.79. The number of allylic oxidation sites excluding steroid dienone is 4. The molecule has 0 radical (unpaired) electrons. The first kappa shape index (κ1) is 8.12. The molecule has 0 aliphatic heterocycles. The van der Waals surface area contributed by atoms with Crippen LogP contribution in [0.2, 0.25) is 0 Å². The molecular weight excluding hydrogens is 136 g/mol. The van der Waals surface area contributed by atoms with Crippen LogP contribution in [0.3, 0.4) is 0 Å². The summed E-state index contributed by atoms with van der Waals surface area (Å²) in [4.78, 5) is 0. The van der Waals surface area contributed by atoms with Crippen molar-refractivity contribution in [3.05, 3.63) is 36.1 Å². The summed E-state index contributed by atoms with van der Waals surface area (Å²) < 4.78 is 5.23. The van der Waals surface area contributed by atoms with E-state index in [1.807, 2.05) is 6.08 Å². The van der Waals surface area contributed by atoms with E-state index in [-0.39, 0.29) is 0 Å². The van der Waals surface area contributed by atoms with Gasteiger partial charge in [0.2, 0.25) is 0 Å². The Morgan fingerprint density at radius 2 is 2.36 bits per heavy atom. The number of ether oxygens (including phenoxy) is 1. The molecule has 0 aromatic rings. The van der Waals surface area contributed by atoms with Crippen molar-refractivity contribution < 1.29 is 4.74 Å². The van der Waals surface area contributed by atoms with Crippen molar-refractivity contribution in [1.29, 1.82) is 0 Å². The van der Waals surface area contributed by atoms with Crippen LogP contribution in [-0.2, 0) is 4.74 Å². The van der Waals surface area contributed by atoms with E-state index >= 15 is 0 Å². The first-order chi connectivity index (χ1) is 5.38. The van der Waals surface area contributed by atoms with Gasteiger partial charge in [-0.1, -0.05) is 24.8 Å². The van der Waals surface area contributed by atoms with Gasteiger partial charge in [-0.05, 0) is 18.4 Å². The van der Waals surface area contributed by atoms with Gasteiger partial charge in [0.25, 0.3) is 0 Å². The highest BCUT2D eigenvalue weighted by Crippen LogP contribution is 2.20. The topological polar surface area (TPSA) is 9.23 Å². The molecule has 1 aliphatic rings. The van der Waals surface area contributed by atoms with E-state index in [0.717, 1.165) is 25.0 Å². The fraction of sp³-hybridized carbons (Fsp3) is 0.400. The maximum atomic E-state index is 5.23. The number of methoxy groups -OCH3 is 1. The van der Waals surface area contributed by atoms with E-state index < -0.39 is 0 Å². The van der Waals surface area contributed by atoms with Crippen LogP contribution in [0.25, 0.3) is 0 Å². The maximum Gasteiger partial charge on any atom is 0.102 e. The summed E-state index contributed by atoms with van der Waals surface area (Å²) in [5.41, 5.74) is 1.25. The van der Waals surface area contributed by atoms with E-state index in [1.165, 1.54) is 5.57 Å². The quantitative estimate of drug-likeness (QED) is 0.550. The fourth-order valence-electron chi connectivity index (χ4n) is 1.25. The third-order valence-electron chi connectivity index (χ3n) is 1.90. The second kappa shape index (κ2) is 4.02. The molecule has 0 amide bonds. The summed E-state index contributed by atoms with van der Waals surface area (Å²) in [6, 6.07) is 0. The third kappa shape index (κ3) is 1.97. The van der Waals surface area contributed by atoms with E-state index in [9.17, 15) is 0 Å². The average Bonchev–Trinajstić information content (AvgIpc) is 2.27. The monoisotopic (exact) mass is 150 g/mol. The molecule has 0 spiro atoms. The van der Waals surface area contributed by atoms with Gasteiger partial charge < -0.3 is 4.74 Å². The molecule has 0 atom stereocenters. The van der Waals surface area contributed by atoms with Crippen LogP contribution >= 0.6 is 0 Å². The lowest BCUT2D eigenvalue weighted by molar-refractivity contribution is 0.281. The molecule has 11 heavy (non-hydrogen) atoms. The molecule has 0 unspecified atom stereocenters. The predicted octanol–water partition coefficient (Wildman–Crippen LogP) is 2.81. The molecule has 0 aromatic carbocycles. The minimum atomic E-state index is 0.915. The molecule has 0 aromatic heterocycles. The van der Waals surface area contributed by atoms with Gasteiger partial charge >= 0.3 is 0 Å². The lowest BCUT2D eigenvalue weighted by atomic mass is 10.1. The molecule has 0 bridgehead atoms. The van der Waals surface area contributed by atoms with E-state index in [4.69, 9.17) is 4.74 Å². The van der Waals surface area contributed by atoms with Crippen molar-refractivity contribution in [2.24, 2.45) is 0 Å². The Bertz CT molecular complexity index is 199. The highest BCUT2D eigenvalue weighted by Gasteiger charge is 2.04. The van der Waals surface area contributed by atoms with Gasteiger partial charge in [0.15, 0.2) is 0 Å². The van der Waals surface area contributed by atoms with Crippen molar-refractivity contribution in [1.82, 2.24) is 0 Å². The fourth-order valence-corrected chi connectivity index (χ4v) is 1.25. The van der Waals surface area contributed by atoms with E-state index in [0.29, 0.717) is 0 Å². The van der Waals surface area contributed by atoms with E-state index in [1.54, 1.807) is 7.11 Å². The van der Waals surface area contributed by atoms with Gasteiger partial charge in [-0.15, -0.1) is 0 Å². The maximum absolute atomic E-state index is 5.23. The molecular formula is C10H14O. The largest absolute Gasteiger partial charge is 0.500 e. The molecule has 0 saturated heterocycles. The van der Waals surface area contributed by atoms with Crippen molar-refractivity contribution in [3.8, 4) is 0 Å². The molecule has 60 valence electrons. The third-order valence-corrected chi connectivity index (χ3v) is 1.90. The lowest BCUT2D eigenvalue weighted by Crippen LogP contribution is -1.89. The van der Waals surface area contributed by atoms with Crippen LogP contribution in [0.4, 0.5) is 0 Å².